The first kappa shape index (κ1) is 35.4. The van der Waals surface area contributed by atoms with Crippen LogP contribution in [0.4, 0.5) is 0 Å². The number of aromatic nitrogens is 9. The Morgan fingerprint density at radius 2 is 0.673 bits per heavy atom. The van der Waals surface area contributed by atoms with E-state index in [0.29, 0.717) is 34.9 Å². The van der Waals surface area contributed by atoms with Crippen LogP contribution in [0, 0.1) is 0 Å². The molecule has 0 N–H and O–H groups in total. The Kier molecular flexibility index (Phi) is 9.68. The molecular weight excluding hydrogens is 679 g/mol. The fourth-order valence-electron chi connectivity index (χ4n) is 6.29. The van der Waals surface area contributed by atoms with Crippen molar-refractivity contribution in [2.24, 2.45) is 0 Å². The zero-order valence-electron chi connectivity index (χ0n) is 31.8. The van der Waals surface area contributed by atoms with Crippen LogP contribution in [0.15, 0.2) is 121 Å². The summed E-state index contributed by atoms with van der Waals surface area (Å²) in [7, 11) is 0. The van der Waals surface area contributed by atoms with Crippen molar-refractivity contribution in [2.45, 2.75) is 59.3 Å². The van der Waals surface area contributed by atoms with Gasteiger partial charge in [0.15, 0.2) is 34.9 Å². The molecule has 0 bridgehead atoms. The summed E-state index contributed by atoms with van der Waals surface area (Å²) in [5.74, 6) is 6.35. The molecule has 9 nitrogen and oxygen atoms in total. The minimum Gasteiger partial charge on any atom is -0.217 e. The second-order valence-electron chi connectivity index (χ2n) is 14.5. The highest BCUT2D eigenvalue weighted by Gasteiger charge is 2.19. The fourth-order valence-corrected chi connectivity index (χ4v) is 6.29. The molecule has 0 amide bonds. The first-order valence-electron chi connectivity index (χ1n) is 18.7. The smallest absolute Gasteiger partial charge is 0.164 e. The number of rotatable bonds is 9. The summed E-state index contributed by atoms with van der Waals surface area (Å²) in [6, 6.07) is 40.6. The van der Waals surface area contributed by atoms with Crippen molar-refractivity contribution >= 4 is 10.8 Å². The Labute approximate surface area is 321 Å². The van der Waals surface area contributed by atoms with Gasteiger partial charge in [-0.2, -0.15) is 0 Å². The van der Waals surface area contributed by atoms with Gasteiger partial charge in [-0.3, -0.25) is 0 Å². The van der Waals surface area contributed by atoms with Crippen LogP contribution in [0.2, 0.25) is 0 Å². The van der Waals surface area contributed by atoms with Crippen molar-refractivity contribution in [3.8, 4) is 68.3 Å². The van der Waals surface area contributed by atoms with Crippen molar-refractivity contribution in [2.75, 3.05) is 0 Å². The van der Waals surface area contributed by atoms with Crippen LogP contribution < -0.4 is 0 Å². The molecule has 3 aromatic heterocycles. The number of hydrogen-bond donors (Lipinski definition) is 0. The average Bonchev–Trinajstić information content (AvgIpc) is 3.23. The lowest BCUT2D eigenvalue weighted by atomic mass is 9.99. The first-order valence-corrected chi connectivity index (χ1v) is 18.7. The highest BCUT2D eigenvalue weighted by atomic mass is 15.1. The third kappa shape index (κ3) is 7.46. The van der Waals surface area contributed by atoms with Gasteiger partial charge >= 0.3 is 0 Å². The van der Waals surface area contributed by atoms with Crippen molar-refractivity contribution in [3.05, 3.63) is 139 Å². The van der Waals surface area contributed by atoms with Crippen molar-refractivity contribution in [1.29, 1.82) is 0 Å². The van der Waals surface area contributed by atoms with E-state index in [1.165, 1.54) is 0 Å². The maximum absolute atomic E-state index is 5.16. The molecule has 5 aromatic carbocycles. The molecule has 3 heterocycles. The standard InChI is InChI=1S/C46H41N9/c1-27(2)38-47-39(28(3)4)49-43(48-38)32-21-23-33(24-22-32)44-52-42(31-17-11-8-12-18-31)54-46(55-44)37-26-35(25-34-19-13-14-20-36(34)37)45-51-40(29(5)6)50-41(53-45)30-15-9-7-10-16-30/h7-29H,1-6H3. The zero-order valence-corrected chi connectivity index (χ0v) is 31.8. The Morgan fingerprint density at radius 1 is 0.309 bits per heavy atom. The van der Waals surface area contributed by atoms with Crippen LogP contribution in [-0.2, 0) is 0 Å². The summed E-state index contributed by atoms with van der Waals surface area (Å²) in [6.07, 6.45) is 0. The monoisotopic (exact) mass is 719 g/mol. The molecule has 55 heavy (non-hydrogen) atoms. The van der Waals surface area contributed by atoms with E-state index in [2.05, 4.69) is 65.8 Å². The second kappa shape index (κ2) is 15.0. The van der Waals surface area contributed by atoms with Gasteiger partial charge in [0, 0.05) is 51.1 Å². The molecule has 0 fully saturated rings. The van der Waals surface area contributed by atoms with Gasteiger partial charge in [-0.05, 0) is 22.9 Å². The van der Waals surface area contributed by atoms with Crippen LogP contribution >= 0.6 is 0 Å². The van der Waals surface area contributed by atoms with Crippen LogP contribution in [0.25, 0.3) is 79.1 Å². The molecule has 0 spiro atoms. The quantitative estimate of drug-likeness (QED) is 0.144. The van der Waals surface area contributed by atoms with E-state index in [1.807, 2.05) is 97.1 Å². The summed E-state index contributed by atoms with van der Waals surface area (Å²) in [5, 5.41) is 2.03. The van der Waals surface area contributed by atoms with Gasteiger partial charge in [-0.15, -0.1) is 0 Å². The number of hydrogen-bond acceptors (Lipinski definition) is 9. The Balaban J connectivity index is 1.28. The van der Waals surface area contributed by atoms with E-state index in [0.717, 1.165) is 61.6 Å². The van der Waals surface area contributed by atoms with Crippen LogP contribution in [0.3, 0.4) is 0 Å². The molecule has 0 unspecified atom stereocenters. The van der Waals surface area contributed by atoms with Crippen LogP contribution in [0.5, 0.6) is 0 Å². The van der Waals surface area contributed by atoms with Crippen LogP contribution in [0.1, 0.15) is 76.8 Å². The van der Waals surface area contributed by atoms with E-state index in [1.54, 1.807) is 0 Å². The lowest BCUT2D eigenvalue weighted by Crippen LogP contribution is -2.08. The SMILES string of the molecule is CC(C)c1nc(-c2ccccc2)nc(-c2cc(-c3nc(-c4ccccc4)nc(-c4ccc(-c5nc(C(C)C)nc(C(C)C)n5)cc4)n3)c3ccccc3c2)n1. The lowest BCUT2D eigenvalue weighted by molar-refractivity contribution is 0.697. The topological polar surface area (TPSA) is 116 Å². The molecule has 0 aliphatic carbocycles. The highest BCUT2D eigenvalue weighted by molar-refractivity contribution is 5.98. The molecule has 0 aliphatic rings. The van der Waals surface area contributed by atoms with E-state index < -0.39 is 0 Å². The molecule has 0 saturated carbocycles. The molecule has 0 atom stereocenters. The number of nitrogens with zero attached hydrogens (tertiary/aromatic N) is 9. The summed E-state index contributed by atoms with van der Waals surface area (Å²) >= 11 is 0. The van der Waals surface area contributed by atoms with E-state index >= 15 is 0 Å². The van der Waals surface area contributed by atoms with Crippen molar-refractivity contribution in [3.63, 3.8) is 0 Å². The summed E-state index contributed by atoms with van der Waals surface area (Å²) in [4.78, 5) is 44.5. The predicted octanol–water partition coefficient (Wildman–Crippen LogP) is 10.8. The van der Waals surface area contributed by atoms with E-state index in [4.69, 9.17) is 44.9 Å². The average molecular weight is 720 g/mol. The maximum atomic E-state index is 5.16. The molecule has 270 valence electrons. The minimum absolute atomic E-state index is 0.106. The Hall–Kier alpha value is -6.61. The molecule has 0 radical (unpaired) electrons. The maximum Gasteiger partial charge on any atom is 0.164 e. The number of fused-ring (bicyclic) bond motifs is 1. The molecular formula is C46H41N9. The van der Waals surface area contributed by atoms with Crippen molar-refractivity contribution < 1.29 is 0 Å². The number of benzene rings is 5. The summed E-state index contributed by atoms with van der Waals surface area (Å²) in [6.45, 7) is 12.6. The summed E-state index contributed by atoms with van der Waals surface area (Å²) < 4.78 is 0. The molecule has 9 heteroatoms. The van der Waals surface area contributed by atoms with Gasteiger partial charge in [0.25, 0.3) is 0 Å². The van der Waals surface area contributed by atoms with Crippen molar-refractivity contribution in [1.82, 2.24) is 44.9 Å². The third-order valence-electron chi connectivity index (χ3n) is 9.33. The normalized spacial score (nSPS) is 11.6. The van der Waals surface area contributed by atoms with E-state index in [9.17, 15) is 0 Å². The molecule has 0 aliphatic heterocycles. The molecule has 0 saturated heterocycles. The third-order valence-corrected chi connectivity index (χ3v) is 9.33. The fraction of sp³-hybridized carbons (Fsp3) is 0.196. The van der Waals surface area contributed by atoms with Crippen LogP contribution in [-0.4, -0.2) is 44.9 Å². The lowest BCUT2D eigenvalue weighted by Gasteiger charge is -2.14. The van der Waals surface area contributed by atoms with Gasteiger partial charge in [-0.1, -0.05) is 151 Å². The van der Waals surface area contributed by atoms with Gasteiger partial charge in [0.2, 0.25) is 0 Å². The largest absolute Gasteiger partial charge is 0.217 e. The summed E-state index contributed by atoms with van der Waals surface area (Å²) in [5.41, 5.74) is 5.28. The molecule has 8 aromatic rings. The van der Waals surface area contributed by atoms with Gasteiger partial charge in [-0.25, -0.2) is 44.9 Å². The zero-order chi connectivity index (χ0) is 38.1. The van der Waals surface area contributed by atoms with Gasteiger partial charge in [0.1, 0.15) is 17.5 Å². The first-order chi connectivity index (χ1) is 26.7. The van der Waals surface area contributed by atoms with Gasteiger partial charge in [0.05, 0.1) is 0 Å². The minimum atomic E-state index is 0.106. The predicted molar refractivity (Wildman–Crippen MR) is 219 cm³/mol. The Bertz CT molecular complexity index is 2600. The Morgan fingerprint density at radius 3 is 1.16 bits per heavy atom. The molecule has 8 rings (SSSR count). The van der Waals surface area contributed by atoms with E-state index in [-0.39, 0.29) is 17.8 Å². The second-order valence-corrected chi connectivity index (χ2v) is 14.5. The highest BCUT2D eigenvalue weighted by Crippen LogP contribution is 2.35. The van der Waals surface area contributed by atoms with Gasteiger partial charge < -0.3 is 0 Å².